The molecule has 6 nitrogen and oxygen atoms in total. The van der Waals surface area contributed by atoms with Gasteiger partial charge in [-0.2, -0.15) is 0 Å². The third-order valence-corrected chi connectivity index (χ3v) is 4.76. The van der Waals surface area contributed by atoms with E-state index in [1.807, 2.05) is 36.4 Å². The average molecular weight is 386 g/mol. The van der Waals surface area contributed by atoms with Gasteiger partial charge in [0, 0.05) is 10.9 Å². The van der Waals surface area contributed by atoms with Crippen LogP contribution in [0.2, 0.25) is 0 Å². The Labute approximate surface area is 167 Å². The number of carboxylic acid groups (broad SMARTS) is 1. The van der Waals surface area contributed by atoms with Crippen LogP contribution in [0, 0.1) is 0 Å². The summed E-state index contributed by atoms with van der Waals surface area (Å²) in [4.78, 5) is 19.9. The van der Waals surface area contributed by atoms with Crippen molar-refractivity contribution < 1.29 is 19.4 Å². The highest BCUT2D eigenvalue weighted by atomic mass is 16.5. The third kappa shape index (κ3) is 3.48. The molecule has 0 saturated carbocycles. The topological polar surface area (TPSA) is 81.5 Å². The summed E-state index contributed by atoms with van der Waals surface area (Å²) in [6.07, 6.45) is 1.51. The first-order valence-electron chi connectivity index (χ1n) is 8.91. The van der Waals surface area contributed by atoms with Crippen LogP contribution in [0.15, 0.2) is 67.0 Å². The van der Waals surface area contributed by atoms with E-state index >= 15 is 0 Å². The predicted octanol–water partition coefficient (Wildman–Crippen LogP) is 4.68. The van der Waals surface area contributed by atoms with Crippen molar-refractivity contribution in [3.63, 3.8) is 0 Å². The summed E-state index contributed by atoms with van der Waals surface area (Å²) in [5.41, 5.74) is 4.57. The molecule has 0 amide bonds. The molecule has 0 fully saturated rings. The van der Waals surface area contributed by atoms with E-state index in [1.165, 1.54) is 6.33 Å². The molecular weight excluding hydrogens is 368 g/mol. The molecule has 0 saturated heterocycles. The van der Waals surface area contributed by atoms with Crippen LogP contribution in [-0.2, 0) is 0 Å². The Morgan fingerprint density at radius 3 is 2.14 bits per heavy atom. The number of benzene rings is 3. The summed E-state index contributed by atoms with van der Waals surface area (Å²) in [6.45, 7) is 0. The van der Waals surface area contributed by atoms with E-state index < -0.39 is 5.97 Å². The number of fused-ring (bicyclic) bond motifs is 1. The first-order chi connectivity index (χ1) is 14.1. The Bertz CT molecular complexity index is 1200. The van der Waals surface area contributed by atoms with Gasteiger partial charge < -0.3 is 14.6 Å². The summed E-state index contributed by atoms with van der Waals surface area (Å²) >= 11 is 0. The third-order valence-electron chi connectivity index (χ3n) is 4.76. The van der Waals surface area contributed by atoms with Gasteiger partial charge in [0.05, 0.1) is 31.0 Å². The molecular formula is C23H18N2O4. The van der Waals surface area contributed by atoms with Crippen LogP contribution in [0.1, 0.15) is 10.4 Å². The highest BCUT2D eigenvalue weighted by Gasteiger charge is 2.11. The van der Waals surface area contributed by atoms with Crippen molar-refractivity contribution in [3.8, 4) is 33.9 Å². The Balaban J connectivity index is 1.83. The molecule has 0 atom stereocenters. The molecule has 0 aliphatic rings. The molecule has 0 spiro atoms. The van der Waals surface area contributed by atoms with Gasteiger partial charge in [0.2, 0.25) is 0 Å². The van der Waals surface area contributed by atoms with Crippen LogP contribution in [0.3, 0.4) is 0 Å². The summed E-state index contributed by atoms with van der Waals surface area (Å²) < 4.78 is 10.7. The molecule has 4 rings (SSSR count). The van der Waals surface area contributed by atoms with Crippen molar-refractivity contribution in [1.29, 1.82) is 0 Å². The van der Waals surface area contributed by atoms with E-state index in [1.54, 1.807) is 38.5 Å². The quantitative estimate of drug-likeness (QED) is 0.536. The number of aromatic nitrogens is 2. The number of carboxylic acids is 1. The summed E-state index contributed by atoms with van der Waals surface area (Å²) in [7, 11) is 3.21. The van der Waals surface area contributed by atoms with Crippen LogP contribution in [0.25, 0.3) is 33.3 Å². The molecule has 144 valence electrons. The van der Waals surface area contributed by atoms with Gasteiger partial charge in [-0.15, -0.1) is 0 Å². The van der Waals surface area contributed by atoms with E-state index in [4.69, 9.17) is 14.6 Å². The first-order valence-corrected chi connectivity index (χ1v) is 8.91. The number of hydrogen-bond acceptors (Lipinski definition) is 5. The normalized spacial score (nSPS) is 10.7. The number of rotatable bonds is 5. The second-order valence-corrected chi connectivity index (χ2v) is 6.41. The lowest BCUT2D eigenvalue weighted by atomic mass is 9.99. The van der Waals surface area contributed by atoms with Crippen molar-refractivity contribution in [1.82, 2.24) is 9.97 Å². The molecule has 1 N–H and O–H groups in total. The molecule has 0 aliphatic carbocycles. The number of methoxy groups -OCH3 is 2. The Morgan fingerprint density at radius 1 is 0.793 bits per heavy atom. The maximum Gasteiger partial charge on any atom is 0.335 e. The molecule has 1 aromatic heterocycles. The molecule has 0 unspecified atom stereocenters. The Hall–Kier alpha value is -3.93. The summed E-state index contributed by atoms with van der Waals surface area (Å²) in [6, 6.07) is 18.4. The van der Waals surface area contributed by atoms with E-state index in [9.17, 15) is 4.79 Å². The van der Waals surface area contributed by atoms with E-state index in [-0.39, 0.29) is 5.56 Å². The van der Waals surface area contributed by atoms with Gasteiger partial charge in [-0.1, -0.05) is 24.3 Å². The van der Waals surface area contributed by atoms with Crippen LogP contribution >= 0.6 is 0 Å². The number of aromatic carboxylic acids is 1. The first kappa shape index (κ1) is 18.4. The fourth-order valence-electron chi connectivity index (χ4n) is 3.25. The zero-order valence-electron chi connectivity index (χ0n) is 15.9. The van der Waals surface area contributed by atoms with Crippen LogP contribution < -0.4 is 9.47 Å². The number of hydrogen-bond donors (Lipinski definition) is 1. The van der Waals surface area contributed by atoms with Crippen LogP contribution in [0.5, 0.6) is 11.5 Å². The lowest BCUT2D eigenvalue weighted by Crippen LogP contribution is -1.96. The number of ether oxygens (including phenoxy) is 2. The fraction of sp³-hybridized carbons (Fsp3) is 0.0870. The van der Waals surface area contributed by atoms with Gasteiger partial charge in [0.1, 0.15) is 6.33 Å². The lowest BCUT2D eigenvalue weighted by molar-refractivity contribution is 0.0697. The second kappa shape index (κ2) is 7.59. The monoisotopic (exact) mass is 386 g/mol. The predicted molar refractivity (Wildman–Crippen MR) is 110 cm³/mol. The lowest BCUT2D eigenvalue weighted by Gasteiger charge is -2.11. The van der Waals surface area contributed by atoms with E-state index in [2.05, 4.69) is 9.97 Å². The van der Waals surface area contributed by atoms with Gasteiger partial charge >= 0.3 is 5.97 Å². The van der Waals surface area contributed by atoms with E-state index in [0.717, 1.165) is 33.3 Å². The van der Waals surface area contributed by atoms with Crippen molar-refractivity contribution in [2.75, 3.05) is 14.2 Å². The molecule has 0 bridgehead atoms. The average Bonchev–Trinajstić information content (AvgIpc) is 2.77. The molecule has 3 aromatic carbocycles. The SMILES string of the molecule is COc1ccc(-c2ccc3ncnc(-c4ccc(C(=O)O)cc4)c3c2)cc1OC. The number of nitrogens with zero attached hydrogens (tertiary/aromatic N) is 2. The molecule has 0 radical (unpaired) electrons. The van der Waals surface area contributed by atoms with Gasteiger partial charge in [0.25, 0.3) is 0 Å². The Kier molecular flexibility index (Phi) is 4.83. The number of carbonyl (C=O) groups is 1. The highest BCUT2D eigenvalue weighted by molar-refractivity contribution is 5.96. The molecule has 0 aliphatic heterocycles. The van der Waals surface area contributed by atoms with Crippen LogP contribution in [-0.4, -0.2) is 35.3 Å². The minimum absolute atomic E-state index is 0.234. The zero-order chi connectivity index (χ0) is 20.4. The van der Waals surface area contributed by atoms with Crippen molar-refractivity contribution in [2.45, 2.75) is 0 Å². The van der Waals surface area contributed by atoms with Crippen molar-refractivity contribution >= 4 is 16.9 Å². The van der Waals surface area contributed by atoms with Gasteiger partial charge in [0.15, 0.2) is 11.5 Å². The van der Waals surface area contributed by atoms with E-state index in [0.29, 0.717) is 11.5 Å². The maximum atomic E-state index is 11.1. The summed E-state index contributed by atoms with van der Waals surface area (Å²) in [5, 5.41) is 9.99. The van der Waals surface area contributed by atoms with Gasteiger partial charge in [-0.05, 0) is 47.5 Å². The van der Waals surface area contributed by atoms with Gasteiger partial charge in [-0.25, -0.2) is 14.8 Å². The fourth-order valence-corrected chi connectivity index (χ4v) is 3.25. The van der Waals surface area contributed by atoms with Crippen molar-refractivity contribution in [3.05, 3.63) is 72.6 Å². The summed E-state index contributed by atoms with van der Waals surface area (Å²) in [5.74, 6) is 0.360. The molecule has 1 heterocycles. The van der Waals surface area contributed by atoms with Gasteiger partial charge in [-0.3, -0.25) is 0 Å². The van der Waals surface area contributed by atoms with Crippen molar-refractivity contribution in [2.24, 2.45) is 0 Å². The minimum Gasteiger partial charge on any atom is -0.493 e. The molecule has 6 heteroatoms. The highest BCUT2D eigenvalue weighted by Crippen LogP contribution is 2.34. The standard InChI is InChI=1S/C23H18N2O4/c1-28-20-10-8-17(12-21(20)29-2)16-7-9-19-18(11-16)22(25-13-24-19)14-3-5-15(6-4-14)23(26)27/h3-13H,1-2H3,(H,26,27). The largest absolute Gasteiger partial charge is 0.493 e. The second-order valence-electron chi connectivity index (χ2n) is 6.41. The minimum atomic E-state index is -0.958. The van der Waals surface area contributed by atoms with Crippen LogP contribution in [0.4, 0.5) is 0 Å². The zero-order valence-corrected chi connectivity index (χ0v) is 15.9. The maximum absolute atomic E-state index is 11.1. The molecule has 4 aromatic rings. The Morgan fingerprint density at radius 2 is 1.45 bits per heavy atom. The molecule has 29 heavy (non-hydrogen) atoms. The smallest absolute Gasteiger partial charge is 0.335 e.